The summed E-state index contributed by atoms with van der Waals surface area (Å²) in [5.41, 5.74) is 0.802. The molecule has 0 aliphatic rings. The molecule has 0 atom stereocenters. The van der Waals surface area contributed by atoms with E-state index in [0.29, 0.717) is 12.2 Å². The lowest BCUT2D eigenvalue weighted by Gasteiger charge is -1.94. The Balaban J connectivity index is 2.25. The molecule has 0 saturated heterocycles. The molecule has 6 nitrogen and oxygen atoms in total. The lowest BCUT2D eigenvalue weighted by molar-refractivity contribution is 0.296. The lowest BCUT2D eigenvalue weighted by Crippen LogP contribution is -1.99. The fraction of sp³-hybridized carbons (Fsp3) is 0.250. The maximum absolute atomic E-state index is 8.67. The molecular formula is C8H9N5O. The van der Waals surface area contributed by atoms with E-state index < -0.39 is 0 Å². The molecule has 0 aliphatic heterocycles. The van der Waals surface area contributed by atoms with Crippen molar-refractivity contribution in [2.45, 2.75) is 6.42 Å². The van der Waals surface area contributed by atoms with E-state index in [4.69, 9.17) is 5.11 Å². The molecule has 2 aromatic heterocycles. The largest absolute Gasteiger partial charge is 0.396 e. The van der Waals surface area contributed by atoms with Crippen molar-refractivity contribution in [3.8, 4) is 5.69 Å². The second kappa shape index (κ2) is 3.93. The average Bonchev–Trinajstić information content (AvgIpc) is 2.68. The van der Waals surface area contributed by atoms with Crippen LogP contribution in [0.15, 0.2) is 24.5 Å². The summed E-state index contributed by atoms with van der Waals surface area (Å²) in [7, 11) is 0. The zero-order valence-electron chi connectivity index (χ0n) is 7.41. The van der Waals surface area contributed by atoms with Crippen molar-refractivity contribution in [1.29, 1.82) is 0 Å². The molecule has 14 heavy (non-hydrogen) atoms. The van der Waals surface area contributed by atoms with E-state index in [9.17, 15) is 0 Å². The van der Waals surface area contributed by atoms with Crippen LogP contribution in [0.3, 0.4) is 0 Å². The van der Waals surface area contributed by atoms with Gasteiger partial charge in [0.2, 0.25) is 0 Å². The van der Waals surface area contributed by atoms with Crippen LogP contribution in [0.2, 0.25) is 0 Å². The number of aliphatic hydroxyl groups is 1. The summed E-state index contributed by atoms with van der Waals surface area (Å²) in [6.07, 6.45) is 3.74. The molecule has 0 saturated carbocycles. The van der Waals surface area contributed by atoms with Crippen LogP contribution in [0.4, 0.5) is 0 Å². The SMILES string of the molecule is OCCc1nnn(-c2ccncc2)n1. The number of aliphatic hydroxyl groups excluding tert-OH is 1. The Kier molecular flexibility index (Phi) is 2.46. The van der Waals surface area contributed by atoms with Crippen molar-refractivity contribution in [3.63, 3.8) is 0 Å². The predicted molar refractivity (Wildman–Crippen MR) is 47.7 cm³/mol. The van der Waals surface area contributed by atoms with Gasteiger partial charge in [-0.25, -0.2) is 0 Å². The van der Waals surface area contributed by atoms with Crippen molar-refractivity contribution in [2.24, 2.45) is 0 Å². The van der Waals surface area contributed by atoms with Gasteiger partial charge in [0.25, 0.3) is 0 Å². The van der Waals surface area contributed by atoms with Gasteiger partial charge in [0.15, 0.2) is 5.82 Å². The maximum Gasteiger partial charge on any atom is 0.177 e. The van der Waals surface area contributed by atoms with E-state index in [2.05, 4.69) is 20.4 Å². The summed E-state index contributed by atoms with van der Waals surface area (Å²) >= 11 is 0. The number of aromatic nitrogens is 5. The quantitative estimate of drug-likeness (QED) is 0.713. The van der Waals surface area contributed by atoms with Crippen LogP contribution in [0, 0.1) is 0 Å². The van der Waals surface area contributed by atoms with Crippen LogP contribution in [0.1, 0.15) is 5.82 Å². The van der Waals surface area contributed by atoms with E-state index in [1.54, 1.807) is 24.5 Å². The minimum atomic E-state index is 0.0298. The molecule has 1 N–H and O–H groups in total. The van der Waals surface area contributed by atoms with Crippen molar-refractivity contribution in [1.82, 2.24) is 25.2 Å². The summed E-state index contributed by atoms with van der Waals surface area (Å²) in [6, 6.07) is 3.56. The summed E-state index contributed by atoms with van der Waals surface area (Å²) in [5, 5.41) is 20.4. The van der Waals surface area contributed by atoms with Gasteiger partial charge in [-0.05, 0) is 17.3 Å². The van der Waals surface area contributed by atoms with E-state index >= 15 is 0 Å². The fourth-order valence-corrected chi connectivity index (χ4v) is 1.03. The first-order valence-electron chi connectivity index (χ1n) is 4.20. The molecule has 0 amide bonds. The Bertz CT molecular complexity index is 399. The standard InChI is InChI=1S/C8H9N5O/c14-6-3-8-10-12-13(11-8)7-1-4-9-5-2-7/h1-2,4-5,14H,3,6H2. The first-order valence-corrected chi connectivity index (χ1v) is 4.20. The van der Waals surface area contributed by atoms with Gasteiger partial charge >= 0.3 is 0 Å². The van der Waals surface area contributed by atoms with Gasteiger partial charge in [0.1, 0.15) is 0 Å². The Morgan fingerprint density at radius 1 is 1.29 bits per heavy atom. The molecule has 0 aromatic carbocycles. The minimum Gasteiger partial charge on any atom is -0.396 e. The third kappa shape index (κ3) is 1.74. The number of tetrazole rings is 1. The van der Waals surface area contributed by atoms with E-state index in [0.717, 1.165) is 5.69 Å². The molecule has 0 spiro atoms. The molecule has 0 radical (unpaired) electrons. The Morgan fingerprint density at radius 2 is 2.07 bits per heavy atom. The third-order valence-corrected chi connectivity index (χ3v) is 1.68. The van der Waals surface area contributed by atoms with Crippen molar-refractivity contribution >= 4 is 0 Å². The zero-order valence-corrected chi connectivity index (χ0v) is 7.41. The minimum absolute atomic E-state index is 0.0298. The van der Waals surface area contributed by atoms with Gasteiger partial charge in [-0.2, -0.15) is 0 Å². The summed E-state index contributed by atoms with van der Waals surface area (Å²) < 4.78 is 0. The first kappa shape index (κ1) is 8.76. The van der Waals surface area contributed by atoms with Gasteiger partial charge in [-0.1, -0.05) is 0 Å². The van der Waals surface area contributed by atoms with Crippen molar-refractivity contribution in [2.75, 3.05) is 6.61 Å². The molecule has 0 bridgehead atoms. The summed E-state index contributed by atoms with van der Waals surface area (Å²) in [5.74, 6) is 0.532. The second-order valence-corrected chi connectivity index (χ2v) is 2.67. The second-order valence-electron chi connectivity index (χ2n) is 2.67. The molecule has 2 rings (SSSR count). The Morgan fingerprint density at radius 3 is 2.79 bits per heavy atom. The Labute approximate surface area is 80.2 Å². The van der Waals surface area contributed by atoms with Crippen molar-refractivity contribution in [3.05, 3.63) is 30.4 Å². The normalized spacial score (nSPS) is 10.4. The van der Waals surface area contributed by atoms with Crippen LogP contribution in [0.5, 0.6) is 0 Å². The average molecular weight is 191 g/mol. The first-order chi connectivity index (χ1) is 6.90. The summed E-state index contributed by atoms with van der Waals surface area (Å²) in [6.45, 7) is 0.0298. The molecule has 72 valence electrons. The zero-order chi connectivity index (χ0) is 9.80. The fourth-order valence-electron chi connectivity index (χ4n) is 1.03. The highest BCUT2D eigenvalue weighted by Crippen LogP contribution is 2.00. The molecule has 0 aliphatic carbocycles. The predicted octanol–water partition coefficient (Wildman–Crippen LogP) is -0.408. The maximum atomic E-state index is 8.67. The molecular weight excluding hydrogens is 182 g/mol. The van der Waals surface area contributed by atoms with Crippen molar-refractivity contribution < 1.29 is 5.11 Å². The monoisotopic (exact) mass is 191 g/mol. The smallest absolute Gasteiger partial charge is 0.177 e. The molecule has 6 heteroatoms. The van der Waals surface area contributed by atoms with E-state index in [1.807, 2.05) is 0 Å². The lowest BCUT2D eigenvalue weighted by atomic mass is 10.4. The van der Waals surface area contributed by atoms with Crippen LogP contribution < -0.4 is 0 Å². The molecule has 2 heterocycles. The number of hydrogen-bond acceptors (Lipinski definition) is 5. The van der Waals surface area contributed by atoms with E-state index in [1.165, 1.54) is 4.80 Å². The molecule has 0 unspecified atom stereocenters. The molecule has 0 fully saturated rings. The topological polar surface area (TPSA) is 76.7 Å². The van der Waals surface area contributed by atoms with Gasteiger partial charge in [0.05, 0.1) is 12.3 Å². The van der Waals surface area contributed by atoms with Crippen LogP contribution >= 0.6 is 0 Å². The van der Waals surface area contributed by atoms with Crippen LogP contribution in [-0.4, -0.2) is 36.9 Å². The van der Waals surface area contributed by atoms with Gasteiger partial charge in [-0.15, -0.1) is 15.0 Å². The summed E-state index contributed by atoms with van der Waals surface area (Å²) in [4.78, 5) is 5.29. The third-order valence-electron chi connectivity index (χ3n) is 1.68. The highest BCUT2D eigenvalue weighted by molar-refractivity contribution is 5.24. The van der Waals surface area contributed by atoms with Crippen LogP contribution in [-0.2, 0) is 6.42 Å². The number of pyridine rings is 1. The molecule has 2 aromatic rings. The van der Waals surface area contributed by atoms with E-state index in [-0.39, 0.29) is 6.61 Å². The van der Waals surface area contributed by atoms with Gasteiger partial charge < -0.3 is 5.11 Å². The highest BCUT2D eigenvalue weighted by atomic mass is 16.3. The number of rotatable bonds is 3. The highest BCUT2D eigenvalue weighted by Gasteiger charge is 2.02. The number of hydrogen-bond donors (Lipinski definition) is 1. The Hall–Kier alpha value is -1.82. The van der Waals surface area contributed by atoms with Gasteiger partial charge in [0, 0.05) is 18.8 Å². The van der Waals surface area contributed by atoms with Crippen LogP contribution in [0.25, 0.3) is 5.69 Å². The number of nitrogens with zero attached hydrogens (tertiary/aromatic N) is 5. The van der Waals surface area contributed by atoms with Gasteiger partial charge in [-0.3, -0.25) is 4.98 Å².